The summed E-state index contributed by atoms with van der Waals surface area (Å²) in [4.78, 5) is 27.4. The van der Waals surface area contributed by atoms with Crippen LogP contribution in [-0.2, 0) is 20.7 Å². The molecule has 0 bridgehead atoms. The van der Waals surface area contributed by atoms with Crippen molar-refractivity contribution in [3.05, 3.63) is 89.2 Å². The van der Waals surface area contributed by atoms with E-state index in [-0.39, 0.29) is 11.5 Å². The lowest BCUT2D eigenvalue weighted by atomic mass is 10.0. The van der Waals surface area contributed by atoms with Gasteiger partial charge in [-0.3, -0.25) is 9.69 Å². The van der Waals surface area contributed by atoms with Gasteiger partial charge in [-0.1, -0.05) is 43.8 Å². The summed E-state index contributed by atoms with van der Waals surface area (Å²) >= 11 is 0. The highest BCUT2D eigenvalue weighted by Gasteiger charge is 2.37. The second kappa shape index (κ2) is 9.27. The molecular weight excluding hydrogens is 378 g/mol. The Balaban J connectivity index is 2.05. The third kappa shape index (κ3) is 4.20. The summed E-state index contributed by atoms with van der Waals surface area (Å²) in [6.07, 6.45) is 4.26. The molecule has 30 heavy (non-hydrogen) atoms. The lowest BCUT2D eigenvalue weighted by Gasteiger charge is -2.18. The molecule has 1 aliphatic heterocycles. The van der Waals surface area contributed by atoms with Crippen LogP contribution in [0, 0.1) is 0 Å². The van der Waals surface area contributed by atoms with E-state index in [1.807, 2.05) is 48.5 Å². The van der Waals surface area contributed by atoms with Crippen molar-refractivity contribution in [2.75, 3.05) is 18.6 Å². The molecular formula is C25H25NO4. The van der Waals surface area contributed by atoms with E-state index in [4.69, 9.17) is 9.47 Å². The van der Waals surface area contributed by atoms with Gasteiger partial charge >= 0.3 is 5.97 Å². The van der Waals surface area contributed by atoms with E-state index in [1.165, 1.54) is 12.7 Å². The molecule has 0 unspecified atom stereocenters. The molecule has 5 heteroatoms. The average molecular weight is 403 g/mol. The Morgan fingerprint density at radius 3 is 2.53 bits per heavy atom. The van der Waals surface area contributed by atoms with Crippen molar-refractivity contribution in [1.29, 1.82) is 0 Å². The van der Waals surface area contributed by atoms with Crippen molar-refractivity contribution in [3.63, 3.8) is 0 Å². The molecule has 0 radical (unpaired) electrons. The fraction of sp³-hybridized carbons (Fsp3) is 0.200. The van der Waals surface area contributed by atoms with Crippen LogP contribution < -0.4 is 9.64 Å². The van der Waals surface area contributed by atoms with Crippen molar-refractivity contribution >= 4 is 23.6 Å². The van der Waals surface area contributed by atoms with E-state index in [0.29, 0.717) is 29.3 Å². The zero-order chi connectivity index (χ0) is 21.7. The van der Waals surface area contributed by atoms with Crippen LogP contribution in [-0.4, -0.2) is 25.6 Å². The van der Waals surface area contributed by atoms with Gasteiger partial charge in [-0.2, -0.15) is 0 Å². The highest BCUT2D eigenvalue weighted by molar-refractivity contribution is 6.23. The van der Waals surface area contributed by atoms with E-state index >= 15 is 0 Å². The molecule has 0 saturated carbocycles. The molecule has 154 valence electrons. The fourth-order valence-corrected chi connectivity index (χ4v) is 3.39. The first-order chi connectivity index (χ1) is 14.5. The predicted molar refractivity (Wildman–Crippen MR) is 118 cm³/mol. The summed E-state index contributed by atoms with van der Waals surface area (Å²) < 4.78 is 10.5. The zero-order valence-electron chi connectivity index (χ0n) is 17.5. The molecule has 1 amide bonds. The van der Waals surface area contributed by atoms with Gasteiger partial charge in [0.05, 0.1) is 18.3 Å². The van der Waals surface area contributed by atoms with Crippen LogP contribution in [0.3, 0.4) is 0 Å². The van der Waals surface area contributed by atoms with Crippen molar-refractivity contribution in [1.82, 2.24) is 0 Å². The Kier molecular flexibility index (Phi) is 6.52. The summed E-state index contributed by atoms with van der Waals surface area (Å²) in [6.45, 7) is 7.85. The topological polar surface area (TPSA) is 55.8 Å². The largest absolute Gasteiger partial charge is 0.490 e. The van der Waals surface area contributed by atoms with Crippen LogP contribution in [0.1, 0.15) is 25.0 Å². The van der Waals surface area contributed by atoms with Crippen LogP contribution >= 0.6 is 0 Å². The number of carbonyl (C=O) groups excluding carboxylic acids is 2. The Morgan fingerprint density at radius 1 is 1.17 bits per heavy atom. The number of benzene rings is 2. The van der Waals surface area contributed by atoms with Gasteiger partial charge in [-0.15, -0.1) is 0 Å². The number of ether oxygens (including phenoxy) is 2. The minimum absolute atomic E-state index is 0.263. The smallest absolute Gasteiger partial charge is 0.340 e. The predicted octanol–water partition coefficient (Wildman–Crippen LogP) is 4.69. The van der Waals surface area contributed by atoms with Crippen molar-refractivity contribution in [3.8, 4) is 5.75 Å². The lowest BCUT2D eigenvalue weighted by molar-refractivity contribution is -0.136. The molecule has 0 aromatic heterocycles. The standard InChI is InChI=1S/C25H25NO4/c1-5-14-30-21-9-7-8-19(15-21)16-22-23(25(28)29-4)17(3)26(24(22)27)20-12-10-18(6-2)11-13-20/h5,7-13,15-16H,1,6,14H2,2-4H3/b22-16-. The number of esters is 1. The highest BCUT2D eigenvalue weighted by Crippen LogP contribution is 2.35. The van der Waals surface area contributed by atoms with Gasteiger partial charge in [0.25, 0.3) is 5.91 Å². The monoisotopic (exact) mass is 403 g/mol. The third-order valence-electron chi connectivity index (χ3n) is 4.93. The van der Waals surface area contributed by atoms with Crippen molar-refractivity contribution < 1.29 is 19.1 Å². The first-order valence-corrected chi connectivity index (χ1v) is 9.78. The highest BCUT2D eigenvalue weighted by atomic mass is 16.5. The SMILES string of the molecule is C=CCOc1cccc(/C=C2\C(=O)N(c3ccc(CC)cc3)C(C)=C2C(=O)OC)c1. The number of allylic oxidation sites excluding steroid dienone is 1. The lowest BCUT2D eigenvalue weighted by Crippen LogP contribution is -2.24. The quantitative estimate of drug-likeness (QED) is 0.382. The van der Waals surface area contributed by atoms with Gasteiger partial charge in [0, 0.05) is 11.4 Å². The number of rotatable bonds is 7. The van der Waals surface area contributed by atoms with Gasteiger partial charge in [0.15, 0.2) is 0 Å². The van der Waals surface area contributed by atoms with E-state index in [1.54, 1.807) is 24.0 Å². The Labute approximate surface area is 176 Å². The summed E-state index contributed by atoms with van der Waals surface area (Å²) in [7, 11) is 1.31. The number of methoxy groups -OCH3 is 1. The minimum Gasteiger partial charge on any atom is -0.490 e. The Bertz CT molecular complexity index is 1030. The molecule has 2 aromatic carbocycles. The summed E-state index contributed by atoms with van der Waals surface area (Å²) in [5.74, 6) is -0.157. The van der Waals surface area contributed by atoms with E-state index in [9.17, 15) is 9.59 Å². The third-order valence-corrected chi connectivity index (χ3v) is 4.93. The van der Waals surface area contributed by atoms with Crippen LogP contribution in [0.2, 0.25) is 0 Å². The van der Waals surface area contributed by atoms with E-state index in [0.717, 1.165) is 12.0 Å². The summed E-state index contributed by atoms with van der Waals surface area (Å²) in [5, 5.41) is 0. The maximum Gasteiger partial charge on any atom is 0.340 e. The van der Waals surface area contributed by atoms with Gasteiger partial charge < -0.3 is 9.47 Å². The molecule has 0 saturated heterocycles. The molecule has 0 fully saturated rings. The summed E-state index contributed by atoms with van der Waals surface area (Å²) in [6, 6.07) is 15.1. The number of anilines is 1. The van der Waals surface area contributed by atoms with Crippen LogP contribution in [0.4, 0.5) is 5.69 Å². The molecule has 1 aliphatic rings. The summed E-state index contributed by atoms with van der Waals surface area (Å²) in [5.41, 5.74) is 3.73. The van der Waals surface area contributed by atoms with Gasteiger partial charge in [0.2, 0.25) is 0 Å². The Morgan fingerprint density at radius 2 is 1.90 bits per heavy atom. The van der Waals surface area contributed by atoms with Gasteiger partial charge in [0.1, 0.15) is 12.4 Å². The zero-order valence-corrected chi connectivity index (χ0v) is 17.5. The molecule has 2 aromatic rings. The number of nitrogens with zero attached hydrogens (tertiary/aromatic N) is 1. The maximum atomic E-state index is 13.3. The van der Waals surface area contributed by atoms with Crippen LogP contribution in [0.15, 0.2) is 78.0 Å². The number of hydrogen-bond acceptors (Lipinski definition) is 4. The van der Waals surface area contributed by atoms with Gasteiger partial charge in [-0.05, 0) is 54.8 Å². The second-order valence-corrected chi connectivity index (χ2v) is 6.84. The minimum atomic E-state index is -0.543. The van der Waals surface area contributed by atoms with E-state index in [2.05, 4.69) is 13.5 Å². The molecule has 0 atom stereocenters. The second-order valence-electron chi connectivity index (χ2n) is 6.84. The molecule has 0 N–H and O–H groups in total. The number of hydrogen-bond donors (Lipinski definition) is 0. The molecule has 1 heterocycles. The maximum absolute atomic E-state index is 13.3. The number of amides is 1. The fourth-order valence-electron chi connectivity index (χ4n) is 3.39. The first kappa shape index (κ1) is 21.1. The molecule has 0 spiro atoms. The van der Waals surface area contributed by atoms with Crippen molar-refractivity contribution in [2.45, 2.75) is 20.3 Å². The Hall–Kier alpha value is -3.60. The molecule has 3 rings (SSSR count). The number of aryl methyl sites for hydroxylation is 1. The first-order valence-electron chi connectivity index (χ1n) is 9.78. The van der Waals surface area contributed by atoms with Crippen molar-refractivity contribution in [2.24, 2.45) is 0 Å². The van der Waals surface area contributed by atoms with Crippen LogP contribution in [0.25, 0.3) is 6.08 Å². The van der Waals surface area contributed by atoms with E-state index < -0.39 is 5.97 Å². The molecule has 5 nitrogen and oxygen atoms in total. The van der Waals surface area contributed by atoms with Gasteiger partial charge in [-0.25, -0.2) is 4.79 Å². The van der Waals surface area contributed by atoms with Crippen LogP contribution in [0.5, 0.6) is 5.75 Å². The average Bonchev–Trinajstić information content (AvgIpc) is 3.01. The number of carbonyl (C=O) groups is 2. The normalized spacial score (nSPS) is 15.0. The molecule has 0 aliphatic carbocycles.